The number of nitrogens with one attached hydrogen (secondary N) is 2. The van der Waals surface area contributed by atoms with Crippen LogP contribution >= 0.6 is 0 Å². The van der Waals surface area contributed by atoms with E-state index in [0.29, 0.717) is 23.4 Å². The van der Waals surface area contributed by atoms with E-state index in [1.54, 1.807) is 37.3 Å². The second-order valence-corrected chi connectivity index (χ2v) is 8.25. The Hall–Kier alpha value is -2.34. The number of carbonyl (C=O) groups excluding carboxylic acids is 1. The molecule has 2 N–H and O–H groups in total. The summed E-state index contributed by atoms with van der Waals surface area (Å²) in [6.07, 6.45) is 0.386. The van der Waals surface area contributed by atoms with Crippen molar-refractivity contribution in [1.29, 1.82) is 0 Å². The van der Waals surface area contributed by atoms with Crippen LogP contribution in [0.5, 0.6) is 0 Å². The van der Waals surface area contributed by atoms with Crippen LogP contribution in [0.4, 0.5) is 11.4 Å². The van der Waals surface area contributed by atoms with Crippen LogP contribution in [0.1, 0.15) is 31.4 Å². The van der Waals surface area contributed by atoms with Gasteiger partial charge in [-0.1, -0.05) is 32.0 Å². The van der Waals surface area contributed by atoms with Crippen LogP contribution in [0.3, 0.4) is 0 Å². The van der Waals surface area contributed by atoms with Crippen LogP contribution in [0.15, 0.2) is 47.4 Å². The van der Waals surface area contributed by atoms with Crippen LogP contribution in [0.25, 0.3) is 0 Å². The Morgan fingerprint density at radius 1 is 1.04 bits per heavy atom. The van der Waals surface area contributed by atoms with Gasteiger partial charge in [-0.3, -0.25) is 9.52 Å². The molecule has 1 amide bonds. The Balaban J connectivity index is 2.27. The van der Waals surface area contributed by atoms with Crippen LogP contribution < -0.4 is 10.0 Å². The van der Waals surface area contributed by atoms with Gasteiger partial charge in [0.1, 0.15) is 0 Å². The molecule has 0 radical (unpaired) electrons. The zero-order chi connectivity index (χ0) is 18.6. The Kier molecular flexibility index (Phi) is 5.85. The molecule has 134 valence electrons. The molecule has 0 aliphatic rings. The average Bonchev–Trinajstić information content (AvgIpc) is 2.47. The first-order valence-corrected chi connectivity index (χ1v) is 9.65. The van der Waals surface area contributed by atoms with Crippen molar-refractivity contribution in [2.24, 2.45) is 5.92 Å². The topological polar surface area (TPSA) is 75.3 Å². The fourth-order valence-corrected chi connectivity index (χ4v) is 3.79. The fourth-order valence-electron chi connectivity index (χ4n) is 2.47. The van der Waals surface area contributed by atoms with Crippen LogP contribution in [-0.4, -0.2) is 14.3 Å². The summed E-state index contributed by atoms with van der Waals surface area (Å²) in [5.41, 5.74) is 2.56. The SMILES string of the molecule is Cc1cccc(NS(=O)(=O)c2cc(NC(=O)CC(C)C)ccc2C)c1. The van der Waals surface area contributed by atoms with Crippen LogP contribution in [-0.2, 0) is 14.8 Å². The number of amides is 1. The van der Waals surface area contributed by atoms with Gasteiger partial charge in [0.05, 0.1) is 4.90 Å². The highest BCUT2D eigenvalue weighted by Gasteiger charge is 2.18. The molecule has 0 saturated heterocycles. The van der Waals surface area contributed by atoms with Gasteiger partial charge in [-0.25, -0.2) is 8.42 Å². The minimum Gasteiger partial charge on any atom is -0.326 e. The highest BCUT2D eigenvalue weighted by atomic mass is 32.2. The van der Waals surface area contributed by atoms with Gasteiger partial charge in [0, 0.05) is 17.8 Å². The van der Waals surface area contributed by atoms with Crippen molar-refractivity contribution >= 4 is 27.3 Å². The number of benzene rings is 2. The lowest BCUT2D eigenvalue weighted by atomic mass is 10.1. The standard InChI is InChI=1S/C19H24N2O3S/c1-13(2)10-19(22)20-16-9-8-15(4)18(12-16)25(23,24)21-17-7-5-6-14(3)11-17/h5-9,11-13,21H,10H2,1-4H3,(H,20,22). The number of anilines is 2. The molecule has 2 aromatic carbocycles. The van der Waals surface area contributed by atoms with Crippen molar-refractivity contribution in [1.82, 2.24) is 0 Å². The molecular formula is C19H24N2O3S. The zero-order valence-corrected chi connectivity index (χ0v) is 15.8. The number of sulfonamides is 1. The molecule has 0 atom stereocenters. The number of hydrogen-bond acceptors (Lipinski definition) is 3. The highest BCUT2D eigenvalue weighted by Crippen LogP contribution is 2.23. The van der Waals surface area contributed by atoms with Crippen molar-refractivity contribution < 1.29 is 13.2 Å². The predicted octanol–water partition coefficient (Wildman–Crippen LogP) is 4.09. The number of rotatable bonds is 6. The van der Waals surface area contributed by atoms with Crippen LogP contribution in [0, 0.1) is 19.8 Å². The molecule has 2 rings (SSSR count). The summed E-state index contributed by atoms with van der Waals surface area (Å²) in [6.45, 7) is 7.53. The maximum atomic E-state index is 12.7. The third kappa shape index (κ3) is 5.32. The van der Waals surface area contributed by atoms with Gasteiger partial charge in [-0.15, -0.1) is 0 Å². The molecule has 5 nitrogen and oxygen atoms in total. The number of aryl methyl sites for hydroxylation is 2. The van der Waals surface area contributed by atoms with E-state index in [1.165, 1.54) is 6.07 Å². The summed E-state index contributed by atoms with van der Waals surface area (Å²) >= 11 is 0. The van der Waals surface area contributed by atoms with Gasteiger partial charge in [0.15, 0.2) is 0 Å². The van der Waals surface area contributed by atoms with E-state index in [0.717, 1.165) is 5.56 Å². The Bertz CT molecular complexity index is 874. The van der Waals surface area contributed by atoms with Gasteiger partial charge in [-0.05, 0) is 55.2 Å². The fraction of sp³-hybridized carbons (Fsp3) is 0.316. The van der Waals surface area contributed by atoms with Crippen molar-refractivity contribution in [2.45, 2.75) is 39.0 Å². The number of hydrogen-bond donors (Lipinski definition) is 2. The molecule has 0 aliphatic carbocycles. The van der Waals surface area contributed by atoms with Gasteiger partial charge in [-0.2, -0.15) is 0 Å². The zero-order valence-electron chi connectivity index (χ0n) is 15.0. The minimum atomic E-state index is -3.74. The quantitative estimate of drug-likeness (QED) is 0.815. The molecule has 0 saturated carbocycles. The van der Waals surface area contributed by atoms with Crippen molar-refractivity contribution in [2.75, 3.05) is 10.0 Å². The monoisotopic (exact) mass is 360 g/mol. The van der Waals surface area contributed by atoms with Gasteiger partial charge < -0.3 is 5.32 Å². The predicted molar refractivity (Wildman–Crippen MR) is 101 cm³/mol. The molecule has 0 bridgehead atoms. The van der Waals surface area contributed by atoms with E-state index in [1.807, 2.05) is 26.8 Å². The maximum absolute atomic E-state index is 12.7. The minimum absolute atomic E-state index is 0.131. The van der Waals surface area contributed by atoms with Gasteiger partial charge in [0.25, 0.3) is 10.0 Å². The van der Waals surface area contributed by atoms with Gasteiger partial charge >= 0.3 is 0 Å². The molecule has 0 aromatic heterocycles. The molecule has 0 unspecified atom stereocenters. The van der Waals surface area contributed by atoms with E-state index in [9.17, 15) is 13.2 Å². The second-order valence-electron chi connectivity index (χ2n) is 6.60. The first-order chi connectivity index (χ1) is 11.7. The lowest BCUT2D eigenvalue weighted by Crippen LogP contribution is -2.17. The van der Waals surface area contributed by atoms with E-state index >= 15 is 0 Å². The second kappa shape index (κ2) is 7.70. The molecule has 0 aliphatic heterocycles. The molecular weight excluding hydrogens is 336 g/mol. The Labute approximate surface area is 149 Å². The largest absolute Gasteiger partial charge is 0.326 e. The normalized spacial score (nSPS) is 11.4. The summed E-state index contributed by atoms with van der Waals surface area (Å²) in [6, 6.07) is 12.0. The first kappa shape index (κ1) is 19.0. The number of carbonyl (C=O) groups is 1. The van der Waals surface area contributed by atoms with Crippen molar-refractivity contribution in [3.8, 4) is 0 Å². The molecule has 0 spiro atoms. The summed E-state index contributed by atoms with van der Waals surface area (Å²) in [7, 11) is -3.74. The highest BCUT2D eigenvalue weighted by molar-refractivity contribution is 7.92. The van der Waals surface area contributed by atoms with Gasteiger partial charge in [0.2, 0.25) is 5.91 Å². The van der Waals surface area contributed by atoms with E-state index in [4.69, 9.17) is 0 Å². The smallest absolute Gasteiger partial charge is 0.262 e. The van der Waals surface area contributed by atoms with E-state index in [-0.39, 0.29) is 16.7 Å². The summed E-state index contributed by atoms with van der Waals surface area (Å²) < 4.78 is 28.0. The van der Waals surface area contributed by atoms with Crippen molar-refractivity contribution in [3.63, 3.8) is 0 Å². The molecule has 0 fully saturated rings. The maximum Gasteiger partial charge on any atom is 0.262 e. The lowest BCUT2D eigenvalue weighted by Gasteiger charge is -2.13. The molecule has 0 heterocycles. The van der Waals surface area contributed by atoms with E-state index < -0.39 is 10.0 Å². The Morgan fingerprint density at radius 3 is 2.40 bits per heavy atom. The first-order valence-electron chi connectivity index (χ1n) is 8.17. The molecule has 2 aromatic rings. The summed E-state index contributed by atoms with van der Waals surface area (Å²) in [4.78, 5) is 12.1. The lowest BCUT2D eigenvalue weighted by molar-refractivity contribution is -0.116. The van der Waals surface area contributed by atoms with Crippen molar-refractivity contribution in [3.05, 3.63) is 53.6 Å². The third-order valence-electron chi connectivity index (χ3n) is 3.63. The summed E-state index contributed by atoms with van der Waals surface area (Å²) in [5.74, 6) is 0.102. The third-order valence-corrected chi connectivity index (χ3v) is 5.15. The van der Waals surface area contributed by atoms with E-state index in [2.05, 4.69) is 10.0 Å². The Morgan fingerprint density at radius 2 is 1.76 bits per heavy atom. The van der Waals surface area contributed by atoms with Crippen LogP contribution in [0.2, 0.25) is 0 Å². The molecule has 25 heavy (non-hydrogen) atoms. The summed E-state index contributed by atoms with van der Waals surface area (Å²) in [5, 5.41) is 2.75. The molecule has 6 heteroatoms. The average molecular weight is 360 g/mol.